The topological polar surface area (TPSA) is 90.1 Å². The number of aryl methyl sites for hydroxylation is 2. The van der Waals surface area contributed by atoms with Crippen molar-refractivity contribution in [3.8, 4) is 22.4 Å². The van der Waals surface area contributed by atoms with Gasteiger partial charge in [0.2, 0.25) is 0 Å². The van der Waals surface area contributed by atoms with Crippen molar-refractivity contribution < 1.29 is 0 Å². The minimum atomic E-state index is 0.798. The Balaban J connectivity index is 1.79. The third-order valence-electron chi connectivity index (χ3n) is 4.37. The molecular formula is C17H14N8. The predicted octanol–water partition coefficient (Wildman–Crippen LogP) is 2.31. The van der Waals surface area contributed by atoms with E-state index in [2.05, 4.69) is 36.4 Å². The van der Waals surface area contributed by atoms with Crippen LogP contribution >= 0.6 is 0 Å². The first kappa shape index (κ1) is 13.8. The molecule has 1 N–H and O–H groups in total. The number of benzene rings is 1. The molecule has 4 aromatic heterocycles. The first-order valence-electron chi connectivity index (χ1n) is 7.81. The lowest BCUT2D eigenvalue weighted by Crippen LogP contribution is -1.90. The summed E-state index contributed by atoms with van der Waals surface area (Å²) in [6, 6.07) is 6.10. The number of rotatable bonds is 2. The first-order valence-corrected chi connectivity index (χ1v) is 7.81. The van der Waals surface area contributed by atoms with E-state index in [0.717, 1.165) is 44.5 Å². The number of aromatic amines is 1. The van der Waals surface area contributed by atoms with Crippen molar-refractivity contribution in [1.29, 1.82) is 0 Å². The second-order valence-corrected chi connectivity index (χ2v) is 5.97. The molecule has 1 aromatic carbocycles. The second kappa shape index (κ2) is 4.97. The second-order valence-electron chi connectivity index (χ2n) is 5.97. The summed E-state index contributed by atoms with van der Waals surface area (Å²) in [6.45, 7) is 0. The minimum absolute atomic E-state index is 0.798. The van der Waals surface area contributed by atoms with Crippen LogP contribution in [0.2, 0.25) is 0 Å². The molecule has 0 aliphatic carbocycles. The zero-order valence-corrected chi connectivity index (χ0v) is 13.7. The van der Waals surface area contributed by atoms with Gasteiger partial charge in [0.05, 0.1) is 22.8 Å². The van der Waals surface area contributed by atoms with Crippen molar-refractivity contribution in [2.45, 2.75) is 0 Å². The average Bonchev–Trinajstić information content (AvgIpc) is 3.33. The van der Waals surface area contributed by atoms with E-state index in [1.807, 2.05) is 44.8 Å². The highest BCUT2D eigenvalue weighted by Crippen LogP contribution is 2.34. The number of H-pyrrole nitrogens is 1. The maximum absolute atomic E-state index is 4.50. The summed E-state index contributed by atoms with van der Waals surface area (Å²) in [5.41, 5.74) is 6.56. The lowest BCUT2D eigenvalue weighted by molar-refractivity contribution is 0.736. The molecule has 0 unspecified atom stereocenters. The van der Waals surface area contributed by atoms with Crippen LogP contribution in [0.15, 0.2) is 43.1 Å². The van der Waals surface area contributed by atoms with Gasteiger partial charge in [-0.15, -0.1) is 5.10 Å². The van der Waals surface area contributed by atoms with Gasteiger partial charge >= 0.3 is 0 Å². The Bertz CT molecular complexity index is 1230. The fourth-order valence-corrected chi connectivity index (χ4v) is 3.15. The first-order chi connectivity index (χ1) is 12.2. The molecule has 5 rings (SSSR count). The fourth-order valence-electron chi connectivity index (χ4n) is 3.15. The van der Waals surface area contributed by atoms with Crippen molar-refractivity contribution >= 4 is 22.1 Å². The van der Waals surface area contributed by atoms with Crippen LogP contribution in [0.1, 0.15) is 0 Å². The van der Waals surface area contributed by atoms with E-state index in [9.17, 15) is 0 Å². The monoisotopic (exact) mass is 330 g/mol. The maximum atomic E-state index is 4.50. The lowest BCUT2D eigenvalue weighted by Gasteiger charge is -2.04. The number of nitrogens with one attached hydrogen (secondary N) is 1. The SMILES string of the molecule is Cn1cc(-c2ncnc3[nH]cc(-c4ccc5nnn(C)c5c4)c23)cn1. The van der Waals surface area contributed by atoms with E-state index in [1.165, 1.54) is 0 Å². The van der Waals surface area contributed by atoms with Gasteiger partial charge in [0, 0.05) is 37.6 Å². The number of fused-ring (bicyclic) bond motifs is 2. The smallest absolute Gasteiger partial charge is 0.141 e. The largest absolute Gasteiger partial charge is 0.345 e. The molecule has 8 heteroatoms. The van der Waals surface area contributed by atoms with Crippen LogP contribution in [0.3, 0.4) is 0 Å². The molecule has 0 bridgehead atoms. The Hall–Kier alpha value is -3.55. The fraction of sp³-hybridized carbons (Fsp3) is 0.118. The number of hydrogen-bond acceptors (Lipinski definition) is 5. The predicted molar refractivity (Wildman–Crippen MR) is 93.6 cm³/mol. The van der Waals surface area contributed by atoms with Gasteiger partial charge in [-0.2, -0.15) is 5.10 Å². The van der Waals surface area contributed by atoms with Gasteiger partial charge in [-0.3, -0.25) is 4.68 Å². The number of nitrogens with zero attached hydrogens (tertiary/aromatic N) is 7. The van der Waals surface area contributed by atoms with E-state index in [0.29, 0.717) is 0 Å². The Morgan fingerprint density at radius 1 is 1.08 bits per heavy atom. The quantitative estimate of drug-likeness (QED) is 0.536. The molecule has 5 aromatic rings. The molecule has 0 atom stereocenters. The van der Waals surface area contributed by atoms with Gasteiger partial charge in [0.25, 0.3) is 0 Å². The van der Waals surface area contributed by atoms with Crippen molar-refractivity contribution in [3.05, 3.63) is 43.1 Å². The molecule has 0 aliphatic rings. The molecule has 8 nitrogen and oxygen atoms in total. The molecular weight excluding hydrogens is 316 g/mol. The van der Waals surface area contributed by atoms with E-state index < -0.39 is 0 Å². The molecule has 122 valence electrons. The number of aromatic nitrogens is 8. The molecule has 0 aliphatic heterocycles. The third-order valence-corrected chi connectivity index (χ3v) is 4.37. The van der Waals surface area contributed by atoms with Crippen LogP contribution in [0.5, 0.6) is 0 Å². The highest BCUT2D eigenvalue weighted by Gasteiger charge is 2.16. The highest BCUT2D eigenvalue weighted by atomic mass is 15.4. The van der Waals surface area contributed by atoms with Crippen LogP contribution in [0, 0.1) is 0 Å². The van der Waals surface area contributed by atoms with E-state index in [-0.39, 0.29) is 0 Å². The molecule has 0 fully saturated rings. The van der Waals surface area contributed by atoms with Crippen LogP contribution in [-0.2, 0) is 14.1 Å². The zero-order valence-electron chi connectivity index (χ0n) is 13.7. The Kier molecular flexibility index (Phi) is 2.75. The molecule has 25 heavy (non-hydrogen) atoms. The van der Waals surface area contributed by atoms with Crippen LogP contribution in [0.25, 0.3) is 44.5 Å². The highest BCUT2D eigenvalue weighted by molar-refractivity contribution is 6.03. The number of hydrogen-bond donors (Lipinski definition) is 1. The molecule has 0 spiro atoms. The van der Waals surface area contributed by atoms with Gasteiger partial charge in [0.15, 0.2) is 0 Å². The van der Waals surface area contributed by atoms with Gasteiger partial charge < -0.3 is 4.98 Å². The normalized spacial score (nSPS) is 11.6. The molecule has 0 amide bonds. The Morgan fingerprint density at radius 2 is 2.00 bits per heavy atom. The summed E-state index contributed by atoms with van der Waals surface area (Å²) in [4.78, 5) is 12.1. The average molecular weight is 330 g/mol. The molecule has 0 saturated carbocycles. The zero-order chi connectivity index (χ0) is 17.0. The van der Waals surface area contributed by atoms with Gasteiger partial charge in [0.1, 0.15) is 17.5 Å². The van der Waals surface area contributed by atoms with Gasteiger partial charge in [-0.25, -0.2) is 14.6 Å². The minimum Gasteiger partial charge on any atom is -0.345 e. The summed E-state index contributed by atoms with van der Waals surface area (Å²) < 4.78 is 3.54. The van der Waals surface area contributed by atoms with Crippen molar-refractivity contribution in [1.82, 2.24) is 39.7 Å². The lowest BCUT2D eigenvalue weighted by atomic mass is 10.0. The van der Waals surface area contributed by atoms with Gasteiger partial charge in [-0.05, 0) is 17.7 Å². The third kappa shape index (κ3) is 2.04. The van der Waals surface area contributed by atoms with Crippen LogP contribution in [0.4, 0.5) is 0 Å². The maximum Gasteiger partial charge on any atom is 0.141 e. The summed E-state index contributed by atoms with van der Waals surface area (Å²) in [5, 5.41) is 13.4. The molecule has 4 heterocycles. The summed E-state index contributed by atoms with van der Waals surface area (Å²) in [5.74, 6) is 0. The Morgan fingerprint density at radius 3 is 2.84 bits per heavy atom. The standard InChI is InChI=1S/C17H14N8/c1-24-8-11(6-21-24)16-15-12(7-18-17(15)20-9-19-16)10-3-4-13-14(5-10)25(2)23-22-13/h3-9H,1-2H3,(H,18,19,20). The van der Waals surface area contributed by atoms with Crippen LogP contribution < -0.4 is 0 Å². The van der Waals surface area contributed by atoms with Crippen molar-refractivity contribution in [2.75, 3.05) is 0 Å². The van der Waals surface area contributed by atoms with E-state index in [4.69, 9.17) is 0 Å². The van der Waals surface area contributed by atoms with E-state index >= 15 is 0 Å². The van der Waals surface area contributed by atoms with Crippen LogP contribution in [-0.4, -0.2) is 39.7 Å². The van der Waals surface area contributed by atoms with Gasteiger partial charge in [-0.1, -0.05) is 11.3 Å². The summed E-state index contributed by atoms with van der Waals surface area (Å²) >= 11 is 0. The molecule has 0 saturated heterocycles. The Labute approximate surface area is 142 Å². The van der Waals surface area contributed by atoms with E-state index in [1.54, 1.807) is 15.7 Å². The van der Waals surface area contributed by atoms with Crippen molar-refractivity contribution in [2.24, 2.45) is 14.1 Å². The molecule has 0 radical (unpaired) electrons. The summed E-state index contributed by atoms with van der Waals surface area (Å²) in [7, 11) is 3.78. The van der Waals surface area contributed by atoms with Crippen molar-refractivity contribution in [3.63, 3.8) is 0 Å². The summed E-state index contributed by atoms with van der Waals surface area (Å²) in [6.07, 6.45) is 7.29.